The number of hydrogen-bond acceptors (Lipinski definition) is 6. The zero-order valence-corrected chi connectivity index (χ0v) is 16.2. The van der Waals surface area contributed by atoms with Crippen molar-refractivity contribution < 1.29 is 22.4 Å². The molecule has 0 saturated carbocycles. The van der Waals surface area contributed by atoms with Crippen LogP contribution in [0, 0.1) is 0 Å². The van der Waals surface area contributed by atoms with E-state index in [-0.39, 0.29) is 17.1 Å². The van der Waals surface area contributed by atoms with E-state index in [4.69, 9.17) is 9.15 Å². The Labute approximate surface area is 166 Å². The topological polar surface area (TPSA) is 90.6 Å². The lowest BCUT2D eigenvalue weighted by molar-refractivity contribution is 0.0473. The number of ether oxygens (including phenoxy) is 1. The smallest absolute Gasteiger partial charge is 0.338 e. The van der Waals surface area contributed by atoms with Crippen LogP contribution >= 0.6 is 0 Å². The number of fused-ring (bicyclic) bond motifs is 3. The third kappa shape index (κ3) is 3.77. The first-order chi connectivity index (χ1) is 13.8. The van der Waals surface area contributed by atoms with Gasteiger partial charge >= 0.3 is 11.6 Å². The van der Waals surface area contributed by atoms with Crippen molar-refractivity contribution in [3.05, 3.63) is 88.3 Å². The predicted octanol–water partition coefficient (Wildman–Crippen LogP) is 3.71. The minimum atomic E-state index is -3.35. The molecular formula is C22H16O6S. The number of hydrogen-bond donors (Lipinski definition) is 0. The van der Waals surface area contributed by atoms with Crippen molar-refractivity contribution in [2.45, 2.75) is 11.5 Å². The largest absolute Gasteiger partial charge is 0.457 e. The SMILES string of the molecule is CS(=O)(=O)c1ccc(C(=O)OCc2cc(=O)oc3ccc4ccccc4c23)cc1. The summed E-state index contributed by atoms with van der Waals surface area (Å²) in [6.07, 6.45) is 1.09. The second-order valence-corrected chi connectivity index (χ2v) is 8.64. The summed E-state index contributed by atoms with van der Waals surface area (Å²) in [6.45, 7) is -0.122. The lowest BCUT2D eigenvalue weighted by atomic mass is 10.0. The average molecular weight is 408 g/mol. The monoisotopic (exact) mass is 408 g/mol. The summed E-state index contributed by atoms with van der Waals surface area (Å²) in [5.74, 6) is -0.619. The lowest BCUT2D eigenvalue weighted by Crippen LogP contribution is -2.08. The molecule has 6 nitrogen and oxygen atoms in total. The summed E-state index contributed by atoms with van der Waals surface area (Å²) in [7, 11) is -3.35. The van der Waals surface area contributed by atoms with Crippen LogP contribution in [0.15, 0.2) is 80.8 Å². The maximum atomic E-state index is 12.4. The molecule has 0 amide bonds. The Balaban J connectivity index is 1.67. The highest BCUT2D eigenvalue weighted by atomic mass is 32.2. The maximum Gasteiger partial charge on any atom is 0.338 e. The molecular weight excluding hydrogens is 392 g/mol. The molecule has 0 aliphatic heterocycles. The molecule has 0 aliphatic rings. The molecule has 0 N–H and O–H groups in total. The minimum Gasteiger partial charge on any atom is -0.457 e. The van der Waals surface area contributed by atoms with E-state index in [0.29, 0.717) is 16.5 Å². The van der Waals surface area contributed by atoms with E-state index in [1.807, 2.05) is 30.3 Å². The van der Waals surface area contributed by atoms with Crippen LogP contribution in [0.1, 0.15) is 15.9 Å². The van der Waals surface area contributed by atoms with Crippen LogP contribution < -0.4 is 5.63 Å². The van der Waals surface area contributed by atoms with E-state index in [1.54, 1.807) is 6.07 Å². The molecule has 3 aromatic carbocycles. The number of benzene rings is 3. The molecule has 1 aromatic heterocycles. The van der Waals surface area contributed by atoms with Crippen molar-refractivity contribution in [3.63, 3.8) is 0 Å². The van der Waals surface area contributed by atoms with Gasteiger partial charge in [-0.1, -0.05) is 30.3 Å². The molecule has 1 heterocycles. The van der Waals surface area contributed by atoms with Crippen molar-refractivity contribution >= 4 is 37.5 Å². The average Bonchev–Trinajstić information content (AvgIpc) is 2.70. The van der Waals surface area contributed by atoms with Gasteiger partial charge in [0, 0.05) is 23.3 Å². The predicted molar refractivity (Wildman–Crippen MR) is 109 cm³/mol. The molecule has 0 aliphatic carbocycles. The van der Waals surface area contributed by atoms with Gasteiger partial charge in [0.1, 0.15) is 12.2 Å². The fourth-order valence-electron chi connectivity index (χ4n) is 3.20. The Kier molecular flexibility index (Phi) is 4.68. The molecule has 0 saturated heterocycles. The third-order valence-electron chi connectivity index (χ3n) is 4.59. The Morgan fingerprint density at radius 2 is 1.72 bits per heavy atom. The van der Waals surface area contributed by atoms with Gasteiger partial charge in [0.05, 0.1) is 10.5 Å². The van der Waals surface area contributed by atoms with E-state index < -0.39 is 21.4 Å². The molecule has 0 fully saturated rings. The van der Waals surface area contributed by atoms with Gasteiger partial charge in [-0.15, -0.1) is 0 Å². The summed E-state index contributed by atoms with van der Waals surface area (Å²) in [5.41, 5.74) is 0.639. The first-order valence-corrected chi connectivity index (χ1v) is 10.6. The molecule has 0 unspecified atom stereocenters. The normalized spacial score (nSPS) is 11.6. The van der Waals surface area contributed by atoms with E-state index in [2.05, 4.69) is 0 Å². The molecule has 4 aromatic rings. The van der Waals surface area contributed by atoms with Gasteiger partial charge in [-0.3, -0.25) is 0 Å². The number of sulfone groups is 1. The lowest BCUT2D eigenvalue weighted by Gasteiger charge is -2.10. The number of carbonyl (C=O) groups is 1. The fraction of sp³-hybridized carbons (Fsp3) is 0.0909. The molecule has 0 radical (unpaired) electrons. The van der Waals surface area contributed by atoms with Gasteiger partial charge in [0.2, 0.25) is 0 Å². The molecule has 4 rings (SSSR count). The Morgan fingerprint density at radius 1 is 1.00 bits per heavy atom. The van der Waals surface area contributed by atoms with Crippen LogP contribution in [0.25, 0.3) is 21.7 Å². The molecule has 7 heteroatoms. The molecule has 29 heavy (non-hydrogen) atoms. The van der Waals surface area contributed by atoms with E-state index >= 15 is 0 Å². The van der Waals surface area contributed by atoms with Gasteiger partial charge in [-0.05, 0) is 41.1 Å². The first kappa shape index (κ1) is 18.9. The highest BCUT2D eigenvalue weighted by Gasteiger charge is 2.14. The molecule has 146 valence electrons. The van der Waals surface area contributed by atoms with E-state index in [9.17, 15) is 18.0 Å². The Bertz CT molecular complexity index is 1400. The van der Waals surface area contributed by atoms with Crippen LogP contribution in [0.2, 0.25) is 0 Å². The minimum absolute atomic E-state index is 0.118. The van der Waals surface area contributed by atoms with E-state index in [1.165, 1.54) is 30.3 Å². The van der Waals surface area contributed by atoms with Crippen molar-refractivity contribution in [2.75, 3.05) is 6.26 Å². The van der Waals surface area contributed by atoms with Gasteiger partial charge in [-0.25, -0.2) is 18.0 Å². The second kappa shape index (κ2) is 7.18. The fourth-order valence-corrected chi connectivity index (χ4v) is 3.83. The summed E-state index contributed by atoms with van der Waals surface area (Å²) >= 11 is 0. The van der Waals surface area contributed by atoms with Crippen LogP contribution in [0.3, 0.4) is 0 Å². The van der Waals surface area contributed by atoms with Crippen LogP contribution in [0.5, 0.6) is 0 Å². The highest BCUT2D eigenvalue weighted by molar-refractivity contribution is 7.90. The van der Waals surface area contributed by atoms with Gasteiger partial charge in [0.25, 0.3) is 0 Å². The zero-order valence-electron chi connectivity index (χ0n) is 15.4. The summed E-state index contributed by atoms with van der Waals surface area (Å²) in [4.78, 5) is 24.4. The van der Waals surface area contributed by atoms with Crippen LogP contribution in [0.4, 0.5) is 0 Å². The first-order valence-electron chi connectivity index (χ1n) is 8.75. The Morgan fingerprint density at radius 3 is 2.45 bits per heavy atom. The van der Waals surface area contributed by atoms with Gasteiger partial charge < -0.3 is 9.15 Å². The van der Waals surface area contributed by atoms with Crippen molar-refractivity contribution in [2.24, 2.45) is 0 Å². The number of rotatable bonds is 4. The Hall–Kier alpha value is -3.45. The number of carbonyl (C=O) groups excluding carboxylic acids is 1. The molecule has 0 bridgehead atoms. The van der Waals surface area contributed by atoms with Crippen molar-refractivity contribution in [3.8, 4) is 0 Å². The quantitative estimate of drug-likeness (QED) is 0.290. The van der Waals surface area contributed by atoms with Crippen molar-refractivity contribution in [1.29, 1.82) is 0 Å². The summed E-state index contributed by atoms with van der Waals surface area (Å²) in [6, 6.07) is 18.0. The summed E-state index contributed by atoms with van der Waals surface area (Å²) < 4.78 is 33.7. The highest BCUT2D eigenvalue weighted by Crippen LogP contribution is 2.28. The third-order valence-corrected chi connectivity index (χ3v) is 5.72. The van der Waals surface area contributed by atoms with Crippen LogP contribution in [-0.4, -0.2) is 20.6 Å². The number of esters is 1. The van der Waals surface area contributed by atoms with Crippen LogP contribution in [-0.2, 0) is 21.2 Å². The van der Waals surface area contributed by atoms with Crippen molar-refractivity contribution in [1.82, 2.24) is 0 Å². The molecule has 0 atom stereocenters. The molecule has 0 spiro atoms. The summed E-state index contributed by atoms with van der Waals surface area (Å²) in [5, 5.41) is 2.57. The standard InChI is InChI=1S/C22H16O6S/c1-29(25,26)17-9-6-15(7-10-17)22(24)27-13-16-12-20(23)28-19-11-8-14-4-2-3-5-18(14)21(16)19/h2-12H,13H2,1H3. The van der Waals surface area contributed by atoms with Gasteiger partial charge in [0.15, 0.2) is 9.84 Å². The maximum absolute atomic E-state index is 12.4. The van der Waals surface area contributed by atoms with E-state index in [0.717, 1.165) is 17.0 Å². The second-order valence-electron chi connectivity index (χ2n) is 6.62. The van der Waals surface area contributed by atoms with Gasteiger partial charge in [-0.2, -0.15) is 0 Å². The zero-order chi connectivity index (χ0) is 20.6.